The fourth-order valence-electron chi connectivity index (χ4n) is 2.25. The molecule has 0 saturated heterocycles. The van der Waals surface area contributed by atoms with E-state index in [0.717, 1.165) is 5.56 Å². The molecule has 0 aliphatic carbocycles. The second-order valence-corrected chi connectivity index (χ2v) is 5.49. The van der Waals surface area contributed by atoms with Crippen LogP contribution in [0.4, 0.5) is 27.8 Å². The number of amides is 1. The van der Waals surface area contributed by atoms with Crippen LogP contribution in [0.15, 0.2) is 36.4 Å². The van der Waals surface area contributed by atoms with Crippen LogP contribution in [0, 0.1) is 0 Å². The quantitative estimate of drug-likeness (QED) is 0.542. The molecular formula is C17H23N5O3. The lowest BCUT2D eigenvalue weighted by Crippen LogP contribution is -2.26. The number of aliphatic hydroxyl groups is 1. The molecule has 8 heteroatoms. The maximum Gasteiger partial charge on any atom is 0.412 e. The van der Waals surface area contributed by atoms with Gasteiger partial charge >= 0.3 is 6.09 Å². The number of nitrogens with two attached hydrogens (primary N) is 2. The van der Waals surface area contributed by atoms with Gasteiger partial charge in [0.05, 0.1) is 30.1 Å². The minimum atomic E-state index is -0.773. The van der Waals surface area contributed by atoms with Crippen molar-refractivity contribution in [2.45, 2.75) is 26.0 Å². The van der Waals surface area contributed by atoms with Crippen LogP contribution in [0.3, 0.4) is 0 Å². The smallest absolute Gasteiger partial charge is 0.412 e. The molecule has 7 N–H and O–H groups in total. The van der Waals surface area contributed by atoms with Gasteiger partial charge in [0.15, 0.2) is 5.82 Å². The van der Waals surface area contributed by atoms with Gasteiger partial charge in [0.2, 0.25) is 0 Å². The predicted octanol–water partition coefficient (Wildman–Crippen LogP) is 2.35. The minimum absolute atomic E-state index is 0.203. The maximum atomic E-state index is 11.5. The second kappa shape index (κ2) is 8.20. The van der Waals surface area contributed by atoms with Crippen LogP contribution in [-0.2, 0) is 4.74 Å². The fourth-order valence-corrected chi connectivity index (χ4v) is 2.25. The molecule has 1 heterocycles. The standard InChI is InChI=1S/C17H23N5O3/c1-3-25-17(24)22-13-9-12(18)14(19)16(21-13)20-10(2)15(23)11-7-5-4-6-8-11/h4-10,15,23H,3,19H2,1-2H3,(H4,18,20,21,22,24). The van der Waals surface area contributed by atoms with Gasteiger partial charge in [-0.1, -0.05) is 30.3 Å². The highest BCUT2D eigenvalue weighted by atomic mass is 16.5. The van der Waals surface area contributed by atoms with Gasteiger partial charge in [-0.3, -0.25) is 5.32 Å². The van der Waals surface area contributed by atoms with Crippen LogP contribution in [0.1, 0.15) is 25.5 Å². The SMILES string of the molecule is CCOC(=O)Nc1cc(N)c(N)c(NC(C)C(O)c2ccccc2)n1. The van der Waals surface area contributed by atoms with E-state index in [0.29, 0.717) is 0 Å². The molecular weight excluding hydrogens is 322 g/mol. The summed E-state index contributed by atoms with van der Waals surface area (Å²) in [5.41, 5.74) is 13.1. The Morgan fingerprint density at radius 1 is 1.32 bits per heavy atom. The van der Waals surface area contributed by atoms with Crippen molar-refractivity contribution in [2.24, 2.45) is 0 Å². The third-order valence-electron chi connectivity index (χ3n) is 3.58. The number of anilines is 4. The highest BCUT2D eigenvalue weighted by Crippen LogP contribution is 2.28. The first-order valence-electron chi connectivity index (χ1n) is 7.91. The number of nitrogens with zero attached hydrogens (tertiary/aromatic N) is 1. The van der Waals surface area contributed by atoms with E-state index in [-0.39, 0.29) is 29.6 Å². The van der Waals surface area contributed by atoms with Gasteiger partial charge in [0.1, 0.15) is 5.82 Å². The molecule has 2 unspecified atom stereocenters. The van der Waals surface area contributed by atoms with Crippen LogP contribution < -0.4 is 22.1 Å². The van der Waals surface area contributed by atoms with E-state index >= 15 is 0 Å². The number of rotatable bonds is 6. The molecule has 2 aromatic rings. The highest BCUT2D eigenvalue weighted by Gasteiger charge is 2.19. The molecule has 134 valence electrons. The Balaban J connectivity index is 2.17. The van der Waals surface area contributed by atoms with Crippen LogP contribution in [0.5, 0.6) is 0 Å². The molecule has 0 saturated carbocycles. The van der Waals surface area contributed by atoms with Gasteiger partial charge in [-0.2, -0.15) is 0 Å². The molecule has 0 radical (unpaired) electrons. The third kappa shape index (κ3) is 4.74. The van der Waals surface area contributed by atoms with Crippen LogP contribution in [-0.4, -0.2) is 28.8 Å². The molecule has 0 fully saturated rings. The Labute approximate surface area is 146 Å². The van der Waals surface area contributed by atoms with Crippen molar-refractivity contribution >= 4 is 29.1 Å². The Morgan fingerprint density at radius 3 is 2.64 bits per heavy atom. The van der Waals surface area contributed by atoms with Gasteiger partial charge in [-0.05, 0) is 19.4 Å². The molecule has 0 bridgehead atoms. The molecule has 0 aliphatic rings. The Bertz CT molecular complexity index is 724. The van der Waals surface area contributed by atoms with E-state index < -0.39 is 18.2 Å². The molecule has 2 rings (SSSR count). The molecule has 2 atom stereocenters. The molecule has 1 aromatic heterocycles. The minimum Gasteiger partial charge on any atom is -0.450 e. The van der Waals surface area contributed by atoms with E-state index in [2.05, 4.69) is 15.6 Å². The zero-order chi connectivity index (χ0) is 18.4. The monoisotopic (exact) mass is 345 g/mol. The summed E-state index contributed by atoms with van der Waals surface area (Å²) in [7, 11) is 0. The second-order valence-electron chi connectivity index (χ2n) is 5.49. The zero-order valence-corrected chi connectivity index (χ0v) is 14.2. The summed E-state index contributed by atoms with van der Waals surface area (Å²) in [4.78, 5) is 15.8. The number of ether oxygens (including phenoxy) is 1. The molecule has 1 aromatic carbocycles. The largest absolute Gasteiger partial charge is 0.450 e. The lowest BCUT2D eigenvalue weighted by molar-refractivity contribution is 0.160. The summed E-state index contributed by atoms with van der Waals surface area (Å²) < 4.78 is 4.81. The first-order chi connectivity index (χ1) is 11.9. The average Bonchev–Trinajstić information content (AvgIpc) is 2.59. The highest BCUT2D eigenvalue weighted by molar-refractivity contribution is 5.87. The van der Waals surface area contributed by atoms with E-state index in [1.165, 1.54) is 6.07 Å². The zero-order valence-electron chi connectivity index (χ0n) is 14.2. The number of nitrogens with one attached hydrogen (secondary N) is 2. The molecule has 25 heavy (non-hydrogen) atoms. The molecule has 0 aliphatic heterocycles. The summed E-state index contributed by atoms with van der Waals surface area (Å²) in [6.45, 7) is 3.73. The number of hydrogen-bond acceptors (Lipinski definition) is 7. The Kier molecular flexibility index (Phi) is 6.02. The first-order valence-corrected chi connectivity index (χ1v) is 7.91. The summed E-state index contributed by atoms with van der Waals surface area (Å²) in [6, 6.07) is 10.3. The van der Waals surface area contributed by atoms with Crippen molar-refractivity contribution in [3.05, 3.63) is 42.0 Å². The van der Waals surface area contributed by atoms with Crippen LogP contribution in [0.2, 0.25) is 0 Å². The summed E-state index contributed by atoms with van der Waals surface area (Å²) in [5, 5.41) is 16.0. The molecule has 1 amide bonds. The van der Waals surface area contributed by atoms with Crippen molar-refractivity contribution in [3.63, 3.8) is 0 Å². The van der Waals surface area contributed by atoms with E-state index in [4.69, 9.17) is 16.2 Å². The molecule has 0 spiro atoms. The van der Waals surface area contributed by atoms with Gasteiger partial charge in [-0.25, -0.2) is 9.78 Å². The lowest BCUT2D eigenvalue weighted by Gasteiger charge is -2.22. The van der Waals surface area contributed by atoms with Crippen molar-refractivity contribution in [3.8, 4) is 0 Å². The van der Waals surface area contributed by atoms with E-state index in [1.807, 2.05) is 30.3 Å². The van der Waals surface area contributed by atoms with Gasteiger partial charge < -0.3 is 26.6 Å². The topological polar surface area (TPSA) is 136 Å². The Morgan fingerprint density at radius 2 is 2.00 bits per heavy atom. The normalized spacial score (nSPS) is 12.9. The fraction of sp³-hybridized carbons (Fsp3) is 0.294. The van der Waals surface area contributed by atoms with Crippen LogP contribution >= 0.6 is 0 Å². The number of hydrogen-bond donors (Lipinski definition) is 5. The van der Waals surface area contributed by atoms with E-state index in [1.54, 1.807) is 13.8 Å². The molecule has 8 nitrogen and oxygen atoms in total. The number of aromatic nitrogens is 1. The van der Waals surface area contributed by atoms with Gasteiger partial charge in [0.25, 0.3) is 0 Å². The summed E-state index contributed by atoms with van der Waals surface area (Å²) in [5.74, 6) is 0.475. The van der Waals surface area contributed by atoms with Crippen LogP contribution in [0.25, 0.3) is 0 Å². The van der Waals surface area contributed by atoms with Gasteiger partial charge in [0, 0.05) is 6.07 Å². The number of nitrogen functional groups attached to an aromatic ring is 2. The maximum absolute atomic E-state index is 11.5. The van der Waals surface area contributed by atoms with Crippen molar-refractivity contribution < 1.29 is 14.6 Å². The summed E-state index contributed by atoms with van der Waals surface area (Å²) in [6.07, 6.45) is -1.41. The van der Waals surface area contributed by atoms with Gasteiger partial charge in [-0.15, -0.1) is 0 Å². The van der Waals surface area contributed by atoms with Crippen molar-refractivity contribution in [2.75, 3.05) is 28.7 Å². The number of pyridine rings is 1. The number of aliphatic hydroxyl groups excluding tert-OH is 1. The predicted molar refractivity (Wildman–Crippen MR) is 98.2 cm³/mol. The third-order valence-corrected chi connectivity index (χ3v) is 3.58. The Hall–Kier alpha value is -3.00. The average molecular weight is 345 g/mol. The lowest BCUT2D eigenvalue weighted by atomic mass is 10.0. The first kappa shape index (κ1) is 18.3. The number of carbonyl (C=O) groups is 1. The van der Waals surface area contributed by atoms with Crippen molar-refractivity contribution in [1.29, 1.82) is 0 Å². The summed E-state index contributed by atoms with van der Waals surface area (Å²) >= 11 is 0. The van der Waals surface area contributed by atoms with Crippen molar-refractivity contribution in [1.82, 2.24) is 4.98 Å². The number of benzene rings is 1. The van der Waals surface area contributed by atoms with E-state index in [9.17, 15) is 9.90 Å². The number of carbonyl (C=O) groups excluding carboxylic acids is 1.